The van der Waals surface area contributed by atoms with E-state index in [0.29, 0.717) is 13.0 Å². The molecule has 0 amide bonds. The van der Waals surface area contributed by atoms with Crippen LogP contribution < -0.4 is 9.47 Å². The van der Waals surface area contributed by atoms with Crippen LogP contribution in [-0.4, -0.2) is 28.4 Å². The number of para-hydroxylation sites is 2. The Morgan fingerprint density at radius 1 is 1.12 bits per heavy atom. The highest BCUT2D eigenvalue weighted by Gasteiger charge is 2.16. The molecule has 2 aromatic carbocycles. The second-order valence-corrected chi connectivity index (χ2v) is 5.92. The summed E-state index contributed by atoms with van der Waals surface area (Å²) in [6.45, 7) is 3.29. The number of nitrogens with zero attached hydrogens (tertiary/aromatic N) is 2. The van der Waals surface area contributed by atoms with Crippen molar-refractivity contribution in [3.8, 4) is 11.5 Å². The van der Waals surface area contributed by atoms with Gasteiger partial charge in [-0.05, 0) is 37.1 Å². The third-order valence-corrected chi connectivity index (χ3v) is 4.20. The van der Waals surface area contributed by atoms with E-state index in [0.717, 1.165) is 41.3 Å². The van der Waals surface area contributed by atoms with E-state index in [4.69, 9.17) is 9.47 Å². The lowest BCUT2D eigenvalue weighted by Crippen LogP contribution is -2.11. The number of hydrogen-bond donors (Lipinski definition) is 1. The number of aryl methyl sites for hydroxylation is 1. The molecular formula is C20H25ClN2O3. The molecule has 0 aliphatic rings. The molecule has 0 radical (unpaired) electrons. The van der Waals surface area contributed by atoms with Crippen molar-refractivity contribution >= 4 is 23.4 Å². The number of aromatic nitrogens is 2. The van der Waals surface area contributed by atoms with E-state index < -0.39 is 6.10 Å². The first-order chi connectivity index (χ1) is 12.2. The summed E-state index contributed by atoms with van der Waals surface area (Å²) in [6.07, 6.45) is 0.914. The lowest BCUT2D eigenvalue weighted by Gasteiger charge is -2.13. The zero-order valence-electron chi connectivity index (χ0n) is 15.1. The molecule has 5 nitrogen and oxygen atoms in total. The first-order valence-electron chi connectivity index (χ1n) is 8.63. The van der Waals surface area contributed by atoms with Crippen molar-refractivity contribution < 1.29 is 14.6 Å². The Balaban J connectivity index is 0.00000243. The molecule has 1 unspecified atom stereocenters. The Bertz CT molecular complexity index is 835. The number of aliphatic hydroxyl groups is 1. The second-order valence-electron chi connectivity index (χ2n) is 5.92. The number of fused-ring (bicyclic) bond motifs is 1. The standard InChI is InChI=1S/C20H24N2O3.ClH/c1-3-19(23)20-21-17-10-4-5-11-18(17)22(20)12-7-13-25-16-9-6-8-15(14-16)24-2;/h4-6,8-11,14,19,23H,3,7,12-13H2,1-2H3;1H. The van der Waals surface area contributed by atoms with E-state index in [1.54, 1.807) is 7.11 Å². The third kappa shape index (κ3) is 4.48. The second kappa shape index (κ2) is 9.46. The molecule has 0 saturated heterocycles. The van der Waals surface area contributed by atoms with Gasteiger partial charge in [-0.25, -0.2) is 4.98 Å². The smallest absolute Gasteiger partial charge is 0.138 e. The lowest BCUT2D eigenvalue weighted by atomic mass is 10.2. The number of aliphatic hydroxyl groups excluding tert-OH is 1. The molecule has 0 bridgehead atoms. The van der Waals surface area contributed by atoms with Crippen molar-refractivity contribution in [3.05, 3.63) is 54.4 Å². The molecule has 0 spiro atoms. The van der Waals surface area contributed by atoms with Crippen LogP contribution in [0.4, 0.5) is 0 Å². The minimum Gasteiger partial charge on any atom is -0.497 e. The summed E-state index contributed by atoms with van der Waals surface area (Å²) < 4.78 is 13.1. The van der Waals surface area contributed by atoms with Gasteiger partial charge in [-0.3, -0.25) is 0 Å². The molecule has 26 heavy (non-hydrogen) atoms. The van der Waals surface area contributed by atoms with Gasteiger partial charge in [0.1, 0.15) is 23.4 Å². The summed E-state index contributed by atoms with van der Waals surface area (Å²) in [7, 11) is 1.64. The Kier molecular flexibility index (Phi) is 7.30. The fourth-order valence-electron chi connectivity index (χ4n) is 2.87. The number of benzene rings is 2. The highest BCUT2D eigenvalue weighted by Crippen LogP contribution is 2.23. The summed E-state index contributed by atoms with van der Waals surface area (Å²) in [5, 5.41) is 10.3. The Labute approximate surface area is 160 Å². The molecule has 1 heterocycles. The van der Waals surface area contributed by atoms with Crippen molar-refractivity contribution in [1.29, 1.82) is 0 Å². The van der Waals surface area contributed by atoms with Crippen LogP contribution in [0.2, 0.25) is 0 Å². The molecule has 6 heteroatoms. The first kappa shape index (κ1) is 20.1. The van der Waals surface area contributed by atoms with E-state index in [2.05, 4.69) is 9.55 Å². The van der Waals surface area contributed by atoms with Crippen LogP contribution in [0.1, 0.15) is 31.7 Å². The first-order valence-corrected chi connectivity index (χ1v) is 8.63. The fourth-order valence-corrected chi connectivity index (χ4v) is 2.87. The van der Waals surface area contributed by atoms with Crippen LogP contribution in [0.25, 0.3) is 11.0 Å². The van der Waals surface area contributed by atoms with Gasteiger partial charge in [0.15, 0.2) is 0 Å². The van der Waals surface area contributed by atoms with Gasteiger partial charge in [-0.1, -0.05) is 25.1 Å². The Morgan fingerprint density at radius 2 is 1.88 bits per heavy atom. The number of imidazole rings is 1. The molecule has 0 saturated carbocycles. The third-order valence-electron chi connectivity index (χ3n) is 4.20. The number of rotatable bonds is 8. The summed E-state index contributed by atoms with van der Waals surface area (Å²) in [5.41, 5.74) is 1.96. The van der Waals surface area contributed by atoms with Crippen LogP contribution in [0, 0.1) is 0 Å². The highest BCUT2D eigenvalue weighted by atomic mass is 35.5. The normalized spacial score (nSPS) is 11.8. The quantitative estimate of drug-likeness (QED) is 0.593. The number of methoxy groups -OCH3 is 1. The summed E-state index contributed by atoms with van der Waals surface area (Å²) in [6, 6.07) is 15.6. The topological polar surface area (TPSA) is 56.5 Å². The Morgan fingerprint density at radius 3 is 2.65 bits per heavy atom. The van der Waals surface area contributed by atoms with Gasteiger partial charge in [0.05, 0.1) is 24.8 Å². The maximum absolute atomic E-state index is 10.3. The van der Waals surface area contributed by atoms with Crippen LogP contribution in [0.3, 0.4) is 0 Å². The average molecular weight is 377 g/mol. The number of ether oxygens (including phenoxy) is 2. The average Bonchev–Trinajstić information content (AvgIpc) is 3.03. The van der Waals surface area contributed by atoms with Gasteiger partial charge in [0, 0.05) is 12.6 Å². The van der Waals surface area contributed by atoms with E-state index in [9.17, 15) is 5.11 Å². The van der Waals surface area contributed by atoms with Crippen LogP contribution in [0.5, 0.6) is 11.5 Å². The van der Waals surface area contributed by atoms with Crippen molar-refractivity contribution in [2.24, 2.45) is 0 Å². The molecule has 0 fully saturated rings. The molecule has 1 atom stereocenters. The monoisotopic (exact) mass is 376 g/mol. The minimum absolute atomic E-state index is 0. The molecule has 3 rings (SSSR count). The number of halogens is 1. The zero-order valence-corrected chi connectivity index (χ0v) is 15.9. The van der Waals surface area contributed by atoms with Crippen molar-refractivity contribution in [3.63, 3.8) is 0 Å². The van der Waals surface area contributed by atoms with Gasteiger partial charge < -0.3 is 19.1 Å². The predicted octanol–water partition coefficient (Wildman–Crippen LogP) is 4.38. The van der Waals surface area contributed by atoms with E-state index in [1.807, 2.05) is 55.5 Å². The summed E-state index contributed by atoms with van der Waals surface area (Å²) in [4.78, 5) is 4.60. The van der Waals surface area contributed by atoms with Crippen LogP contribution in [0.15, 0.2) is 48.5 Å². The zero-order chi connectivity index (χ0) is 17.6. The largest absolute Gasteiger partial charge is 0.497 e. The van der Waals surface area contributed by atoms with E-state index in [1.165, 1.54) is 0 Å². The van der Waals surface area contributed by atoms with Gasteiger partial charge in [0.25, 0.3) is 0 Å². The van der Waals surface area contributed by atoms with Crippen LogP contribution in [-0.2, 0) is 6.54 Å². The maximum atomic E-state index is 10.3. The lowest BCUT2D eigenvalue weighted by molar-refractivity contribution is 0.158. The SMILES string of the molecule is CCC(O)c1nc2ccccc2n1CCCOc1cccc(OC)c1.Cl. The van der Waals surface area contributed by atoms with Crippen molar-refractivity contribution in [2.45, 2.75) is 32.4 Å². The summed E-state index contributed by atoms with van der Waals surface area (Å²) in [5.74, 6) is 2.31. The minimum atomic E-state index is -0.549. The predicted molar refractivity (Wildman–Crippen MR) is 105 cm³/mol. The number of hydrogen-bond acceptors (Lipinski definition) is 4. The van der Waals surface area contributed by atoms with Crippen LogP contribution >= 0.6 is 12.4 Å². The summed E-state index contributed by atoms with van der Waals surface area (Å²) >= 11 is 0. The fraction of sp³-hybridized carbons (Fsp3) is 0.350. The van der Waals surface area contributed by atoms with E-state index in [-0.39, 0.29) is 12.4 Å². The molecule has 1 aromatic heterocycles. The highest BCUT2D eigenvalue weighted by molar-refractivity contribution is 5.85. The van der Waals surface area contributed by atoms with Gasteiger partial charge in [-0.15, -0.1) is 12.4 Å². The van der Waals surface area contributed by atoms with Gasteiger partial charge >= 0.3 is 0 Å². The van der Waals surface area contributed by atoms with Crippen molar-refractivity contribution in [1.82, 2.24) is 9.55 Å². The molecule has 0 aliphatic carbocycles. The molecular weight excluding hydrogens is 352 g/mol. The van der Waals surface area contributed by atoms with Gasteiger partial charge in [0.2, 0.25) is 0 Å². The van der Waals surface area contributed by atoms with E-state index >= 15 is 0 Å². The van der Waals surface area contributed by atoms with Gasteiger partial charge in [-0.2, -0.15) is 0 Å². The molecule has 140 valence electrons. The molecule has 0 aliphatic heterocycles. The Hall–Kier alpha value is -2.24. The maximum Gasteiger partial charge on any atom is 0.138 e. The van der Waals surface area contributed by atoms with Crippen molar-refractivity contribution in [2.75, 3.05) is 13.7 Å². The molecule has 1 N–H and O–H groups in total. The molecule has 3 aromatic rings.